The Kier molecular flexibility index (Phi) is 6.09. The number of nitrogens with one attached hydrogen (secondary N) is 2. The van der Waals surface area contributed by atoms with Crippen LogP contribution in [0.3, 0.4) is 0 Å². The molecular weight excluding hydrogens is 376 g/mol. The van der Waals surface area contributed by atoms with Crippen LogP contribution in [0, 0.1) is 0 Å². The van der Waals surface area contributed by atoms with Crippen molar-refractivity contribution in [1.82, 2.24) is 5.32 Å². The number of aryl methyl sites for hydroxylation is 1. The number of rotatable bonds is 7. The molecular formula is C25H24N2O3. The van der Waals surface area contributed by atoms with E-state index in [1.54, 1.807) is 24.3 Å². The minimum absolute atomic E-state index is 0.149. The number of anilines is 1. The van der Waals surface area contributed by atoms with E-state index in [9.17, 15) is 9.59 Å². The number of carbonyl (C=O) groups is 2. The molecule has 1 heterocycles. The highest BCUT2D eigenvalue weighted by atomic mass is 16.5. The van der Waals surface area contributed by atoms with Crippen LogP contribution in [-0.4, -0.2) is 24.5 Å². The molecule has 0 saturated carbocycles. The molecule has 30 heavy (non-hydrogen) atoms. The topological polar surface area (TPSA) is 67.4 Å². The van der Waals surface area contributed by atoms with Gasteiger partial charge in [-0.15, -0.1) is 0 Å². The molecule has 2 N–H and O–H groups in total. The van der Waals surface area contributed by atoms with Crippen molar-refractivity contribution in [3.63, 3.8) is 0 Å². The van der Waals surface area contributed by atoms with Crippen LogP contribution in [0.5, 0.6) is 5.75 Å². The predicted octanol–water partition coefficient (Wildman–Crippen LogP) is 3.99. The Hall–Kier alpha value is -3.60. The lowest BCUT2D eigenvalue weighted by atomic mass is 10.1. The van der Waals surface area contributed by atoms with Gasteiger partial charge in [0.25, 0.3) is 11.8 Å². The van der Waals surface area contributed by atoms with E-state index in [1.165, 1.54) is 5.56 Å². The molecule has 5 nitrogen and oxygen atoms in total. The zero-order chi connectivity index (χ0) is 20.8. The van der Waals surface area contributed by atoms with Crippen molar-refractivity contribution in [2.24, 2.45) is 0 Å². The highest BCUT2D eigenvalue weighted by molar-refractivity contribution is 5.98. The SMILES string of the molecule is O=C(NCCCc1ccccc1)c1cccc(NC(=O)C2Cc3ccccc3O2)c1. The molecule has 0 saturated heterocycles. The first-order valence-corrected chi connectivity index (χ1v) is 10.2. The zero-order valence-corrected chi connectivity index (χ0v) is 16.6. The van der Waals surface area contributed by atoms with Gasteiger partial charge in [0.15, 0.2) is 6.10 Å². The van der Waals surface area contributed by atoms with E-state index >= 15 is 0 Å². The Bertz CT molecular complexity index is 1010. The summed E-state index contributed by atoms with van der Waals surface area (Å²) in [6.07, 6.45) is 1.77. The quantitative estimate of drug-likeness (QED) is 0.589. The summed E-state index contributed by atoms with van der Waals surface area (Å²) in [4.78, 5) is 25.0. The first-order valence-electron chi connectivity index (χ1n) is 10.2. The summed E-state index contributed by atoms with van der Waals surface area (Å²) in [5.74, 6) is 0.386. The summed E-state index contributed by atoms with van der Waals surface area (Å²) in [7, 11) is 0. The van der Waals surface area contributed by atoms with Crippen LogP contribution in [-0.2, 0) is 17.6 Å². The maximum Gasteiger partial charge on any atom is 0.265 e. The molecule has 3 aromatic rings. The lowest BCUT2D eigenvalue weighted by Gasteiger charge is -2.12. The van der Waals surface area contributed by atoms with E-state index < -0.39 is 6.10 Å². The summed E-state index contributed by atoms with van der Waals surface area (Å²) in [6.45, 7) is 0.596. The molecule has 2 amide bonds. The third kappa shape index (κ3) is 4.87. The van der Waals surface area contributed by atoms with Gasteiger partial charge in [-0.3, -0.25) is 9.59 Å². The number of amides is 2. The molecule has 152 valence electrons. The minimum atomic E-state index is -0.558. The Morgan fingerprint density at radius 3 is 2.57 bits per heavy atom. The number of hydrogen-bond acceptors (Lipinski definition) is 3. The standard InChI is InChI=1S/C25H24N2O3/c28-24(26-15-7-10-18-8-2-1-3-9-18)20-12-6-13-21(16-20)27-25(29)23-17-19-11-4-5-14-22(19)30-23/h1-6,8-9,11-14,16,23H,7,10,15,17H2,(H,26,28)(H,27,29). The van der Waals surface area contributed by atoms with E-state index in [1.807, 2.05) is 42.5 Å². The molecule has 1 aliphatic heterocycles. The lowest BCUT2D eigenvalue weighted by molar-refractivity contribution is -0.122. The second-order valence-electron chi connectivity index (χ2n) is 7.33. The van der Waals surface area contributed by atoms with Crippen LogP contribution in [0.25, 0.3) is 0 Å². The third-order valence-electron chi connectivity index (χ3n) is 5.10. The molecule has 1 aliphatic rings. The normalized spacial score (nSPS) is 14.5. The largest absolute Gasteiger partial charge is 0.480 e. The van der Waals surface area contributed by atoms with E-state index in [-0.39, 0.29) is 11.8 Å². The first-order chi connectivity index (χ1) is 14.7. The van der Waals surface area contributed by atoms with Crippen LogP contribution >= 0.6 is 0 Å². The predicted molar refractivity (Wildman–Crippen MR) is 117 cm³/mol. The number of fused-ring (bicyclic) bond motifs is 1. The number of hydrogen-bond donors (Lipinski definition) is 2. The Labute approximate surface area is 176 Å². The third-order valence-corrected chi connectivity index (χ3v) is 5.10. The van der Waals surface area contributed by atoms with Gasteiger partial charge in [0.1, 0.15) is 5.75 Å². The van der Waals surface area contributed by atoms with Gasteiger partial charge in [-0.25, -0.2) is 0 Å². The Morgan fingerprint density at radius 2 is 1.73 bits per heavy atom. The van der Waals surface area contributed by atoms with Gasteiger partial charge in [0.05, 0.1) is 0 Å². The van der Waals surface area contributed by atoms with Gasteiger partial charge in [-0.05, 0) is 48.2 Å². The van der Waals surface area contributed by atoms with Crippen molar-refractivity contribution < 1.29 is 14.3 Å². The number of benzene rings is 3. The summed E-state index contributed by atoms with van der Waals surface area (Å²) in [5, 5.41) is 5.80. The molecule has 0 radical (unpaired) electrons. The Morgan fingerprint density at radius 1 is 0.933 bits per heavy atom. The maximum absolute atomic E-state index is 12.6. The molecule has 4 rings (SSSR count). The average Bonchev–Trinajstić information content (AvgIpc) is 3.22. The molecule has 0 bridgehead atoms. The number of ether oxygens (including phenoxy) is 1. The monoisotopic (exact) mass is 400 g/mol. The second kappa shape index (κ2) is 9.27. The average molecular weight is 400 g/mol. The molecule has 5 heteroatoms. The zero-order valence-electron chi connectivity index (χ0n) is 16.6. The van der Waals surface area contributed by atoms with Crippen molar-refractivity contribution in [2.45, 2.75) is 25.4 Å². The van der Waals surface area contributed by atoms with E-state index in [0.717, 1.165) is 24.2 Å². The second-order valence-corrected chi connectivity index (χ2v) is 7.33. The van der Waals surface area contributed by atoms with Crippen LogP contribution in [0.2, 0.25) is 0 Å². The van der Waals surface area contributed by atoms with Crippen LogP contribution in [0.15, 0.2) is 78.9 Å². The van der Waals surface area contributed by atoms with Gasteiger partial charge < -0.3 is 15.4 Å². The molecule has 0 aromatic heterocycles. The van der Waals surface area contributed by atoms with Gasteiger partial charge in [0, 0.05) is 24.2 Å². The highest BCUT2D eigenvalue weighted by Gasteiger charge is 2.28. The highest BCUT2D eigenvalue weighted by Crippen LogP contribution is 2.28. The van der Waals surface area contributed by atoms with Gasteiger partial charge >= 0.3 is 0 Å². The van der Waals surface area contributed by atoms with Crippen molar-refractivity contribution in [3.05, 3.63) is 95.6 Å². The summed E-state index contributed by atoms with van der Waals surface area (Å²) >= 11 is 0. The Balaban J connectivity index is 1.28. The molecule has 0 spiro atoms. The van der Waals surface area contributed by atoms with Crippen LogP contribution < -0.4 is 15.4 Å². The fourth-order valence-electron chi connectivity index (χ4n) is 3.53. The molecule has 1 unspecified atom stereocenters. The van der Waals surface area contributed by atoms with Gasteiger partial charge in [-0.2, -0.15) is 0 Å². The van der Waals surface area contributed by atoms with Crippen LogP contribution in [0.4, 0.5) is 5.69 Å². The van der Waals surface area contributed by atoms with Gasteiger partial charge in [0.2, 0.25) is 0 Å². The lowest BCUT2D eigenvalue weighted by Crippen LogP contribution is -2.31. The fraction of sp³-hybridized carbons (Fsp3) is 0.200. The minimum Gasteiger partial charge on any atom is -0.480 e. The van der Waals surface area contributed by atoms with Crippen molar-refractivity contribution in [1.29, 1.82) is 0 Å². The molecule has 0 aliphatic carbocycles. The van der Waals surface area contributed by atoms with Crippen LogP contribution in [0.1, 0.15) is 27.9 Å². The number of carbonyl (C=O) groups excluding carboxylic acids is 2. The molecule has 0 fully saturated rings. The summed E-state index contributed by atoms with van der Waals surface area (Å²) in [6, 6.07) is 24.8. The number of para-hydroxylation sites is 1. The first kappa shape index (κ1) is 19.7. The fourth-order valence-corrected chi connectivity index (χ4v) is 3.53. The van der Waals surface area contributed by atoms with Crippen molar-refractivity contribution in [2.75, 3.05) is 11.9 Å². The molecule has 3 aromatic carbocycles. The summed E-state index contributed by atoms with van der Waals surface area (Å²) < 4.78 is 5.73. The van der Waals surface area contributed by atoms with E-state index in [2.05, 4.69) is 22.8 Å². The maximum atomic E-state index is 12.6. The van der Waals surface area contributed by atoms with Crippen molar-refractivity contribution >= 4 is 17.5 Å². The van der Waals surface area contributed by atoms with Crippen molar-refractivity contribution in [3.8, 4) is 5.75 Å². The van der Waals surface area contributed by atoms with E-state index in [4.69, 9.17) is 4.74 Å². The molecule has 1 atom stereocenters. The smallest absolute Gasteiger partial charge is 0.265 e. The van der Waals surface area contributed by atoms with E-state index in [0.29, 0.717) is 24.2 Å². The summed E-state index contributed by atoms with van der Waals surface area (Å²) in [5.41, 5.74) is 3.38. The van der Waals surface area contributed by atoms with Gasteiger partial charge in [-0.1, -0.05) is 54.6 Å².